The first-order valence-electron chi connectivity index (χ1n) is 10.4. The zero-order valence-electron chi connectivity index (χ0n) is 17.9. The Bertz CT molecular complexity index is 1380. The first kappa shape index (κ1) is 22.8. The van der Waals surface area contributed by atoms with Crippen molar-refractivity contribution in [3.05, 3.63) is 67.6 Å². The number of hydrogen-bond acceptors (Lipinski definition) is 7. The molecule has 0 aliphatic rings. The van der Waals surface area contributed by atoms with Gasteiger partial charge in [0.1, 0.15) is 5.82 Å². The normalized spacial score (nSPS) is 11.5. The molecule has 3 aromatic heterocycles. The summed E-state index contributed by atoms with van der Waals surface area (Å²) in [5.41, 5.74) is -0.178. The molecule has 4 rings (SSSR count). The van der Waals surface area contributed by atoms with Crippen molar-refractivity contribution < 1.29 is 9.13 Å². The van der Waals surface area contributed by atoms with Gasteiger partial charge in [-0.25, -0.2) is 9.18 Å². The molecule has 0 unspecified atom stereocenters. The number of ether oxygens (including phenoxy) is 1. The van der Waals surface area contributed by atoms with Crippen LogP contribution >= 0.6 is 11.6 Å². The third-order valence-corrected chi connectivity index (χ3v) is 5.22. The lowest BCUT2D eigenvalue weighted by Gasteiger charge is -2.11. The van der Waals surface area contributed by atoms with Gasteiger partial charge in [0.2, 0.25) is 5.28 Å². The standard InChI is InChI=1S/C20H22ClFN8O3/c1-2-33-11-10-28-17-16(23-19(21)24-17)18(31)29(20(28)32)8-5-9-30-26-15(25-27-30)12-13-6-3-4-7-14(13)22/h3-4,6-7H,2,5,8-12H2,1H3,(H,23,24). The number of rotatable bonds is 10. The number of aromatic nitrogens is 8. The topological polar surface area (TPSA) is 126 Å². The van der Waals surface area contributed by atoms with Gasteiger partial charge in [0.15, 0.2) is 17.0 Å². The fourth-order valence-corrected chi connectivity index (χ4v) is 3.64. The molecule has 0 aliphatic heterocycles. The fourth-order valence-electron chi connectivity index (χ4n) is 3.46. The molecular weight excluding hydrogens is 455 g/mol. The summed E-state index contributed by atoms with van der Waals surface area (Å²) in [6, 6.07) is 6.40. The van der Waals surface area contributed by atoms with E-state index in [4.69, 9.17) is 16.3 Å². The lowest BCUT2D eigenvalue weighted by molar-refractivity contribution is 0.138. The molecule has 0 saturated heterocycles. The van der Waals surface area contributed by atoms with E-state index in [0.29, 0.717) is 37.6 Å². The maximum absolute atomic E-state index is 13.8. The SMILES string of the molecule is CCOCCn1c(=O)n(CCCn2nnc(Cc3ccccc3F)n2)c(=O)c2[nH]c(Cl)nc21. The van der Waals surface area contributed by atoms with Crippen molar-refractivity contribution >= 4 is 22.8 Å². The summed E-state index contributed by atoms with van der Waals surface area (Å²) in [5, 5.41) is 12.2. The van der Waals surface area contributed by atoms with Crippen LogP contribution in [0.5, 0.6) is 0 Å². The van der Waals surface area contributed by atoms with E-state index in [0.717, 1.165) is 4.57 Å². The first-order chi connectivity index (χ1) is 16.0. The van der Waals surface area contributed by atoms with Crippen LogP contribution in [0.15, 0.2) is 33.9 Å². The quantitative estimate of drug-likeness (QED) is 0.271. The molecule has 0 fully saturated rings. The maximum atomic E-state index is 13.8. The van der Waals surface area contributed by atoms with Crippen LogP contribution in [0.4, 0.5) is 4.39 Å². The number of nitrogens with zero attached hydrogens (tertiary/aromatic N) is 7. The molecule has 1 N–H and O–H groups in total. The van der Waals surface area contributed by atoms with E-state index < -0.39 is 11.2 Å². The van der Waals surface area contributed by atoms with Crippen LogP contribution in [0, 0.1) is 5.82 Å². The third-order valence-electron chi connectivity index (χ3n) is 5.04. The molecule has 0 aliphatic carbocycles. The van der Waals surface area contributed by atoms with Crippen LogP contribution in [-0.4, -0.2) is 52.5 Å². The average Bonchev–Trinajstić information content (AvgIpc) is 3.41. The van der Waals surface area contributed by atoms with Gasteiger partial charge in [-0.3, -0.25) is 13.9 Å². The summed E-state index contributed by atoms with van der Waals surface area (Å²) in [6.07, 6.45) is 0.609. The highest BCUT2D eigenvalue weighted by Crippen LogP contribution is 2.11. The largest absolute Gasteiger partial charge is 0.380 e. The van der Waals surface area contributed by atoms with Gasteiger partial charge in [-0.2, -0.15) is 9.78 Å². The number of tetrazole rings is 1. The number of aryl methyl sites for hydroxylation is 1. The number of H-pyrrole nitrogens is 1. The average molecular weight is 477 g/mol. The van der Waals surface area contributed by atoms with Gasteiger partial charge in [-0.1, -0.05) is 18.2 Å². The van der Waals surface area contributed by atoms with Crippen molar-refractivity contribution in [1.29, 1.82) is 0 Å². The van der Waals surface area contributed by atoms with Crippen LogP contribution in [0.3, 0.4) is 0 Å². The Labute approximate surface area is 191 Å². The van der Waals surface area contributed by atoms with E-state index in [9.17, 15) is 14.0 Å². The van der Waals surface area contributed by atoms with Gasteiger partial charge in [-0.15, -0.1) is 10.2 Å². The fraction of sp³-hybridized carbons (Fsp3) is 0.400. The highest BCUT2D eigenvalue weighted by atomic mass is 35.5. The second-order valence-corrected chi connectivity index (χ2v) is 7.60. The summed E-state index contributed by atoms with van der Waals surface area (Å²) in [5.74, 6) is 0.0483. The lowest BCUT2D eigenvalue weighted by atomic mass is 10.1. The van der Waals surface area contributed by atoms with Gasteiger partial charge in [0.05, 0.1) is 19.7 Å². The molecule has 0 bridgehead atoms. The molecule has 4 aromatic rings. The van der Waals surface area contributed by atoms with Gasteiger partial charge in [-0.05, 0) is 41.8 Å². The smallest absolute Gasteiger partial charge is 0.332 e. The Morgan fingerprint density at radius 2 is 1.97 bits per heavy atom. The number of nitrogens with one attached hydrogen (secondary N) is 1. The monoisotopic (exact) mass is 476 g/mol. The number of fused-ring (bicyclic) bond motifs is 1. The lowest BCUT2D eigenvalue weighted by Crippen LogP contribution is -2.41. The van der Waals surface area contributed by atoms with Gasteiger partial charge < -0.3 is 9.72 Å². The van der Waals surface area contributed by atoms with Crippen molar-refractivity contribution in [2.24, 2.45) is 0 Å². The summed E-state index contributed by atoms with van der Waals surface area (Å²) >= 11 is 5.94. The van der Waals surface area contributed by atoms with E-state index in [-0.39, 0.29) is 41.8 Å². The molecule has 0 spiro atoms. The highest BCUT2D eigenvalue weighted by molar-refractivity contribution is 6.28. The van der Waals surface area contributed by atoms with Crippen molar-refractivity contribution in [2.45, 2.75) is 39.4 Å². The first-order valence-corrected chi connectivity index (χ1v) is 10.8. The molecule has 13 heteroatoms. The van der Waals surface area contributed by atoms with E-state index in [2.05, 4.69) is 25.4 Å². The molecule has 0 radical (unpaired) electrons. The molecule has 33 heavy (non-hydrogen) atoms. The molecule has 0 saturated carbocycles. The highest BCUT2D eigenvalue weighted by Gasteiger charge is 2.17. The molecule has 174 valence electrons. The summed E-state index contributed by atoms with van der Waals surface area (Å²) in [7, 11) is 0. The summed E-state index contributed by atoms with van der Waals surface area (Å²) in [6.45, 7) is 3.32. The number of imidazole rings is 1. The van der Waals surface area contributed by atoms with Crippen molar-refractivity contribution in [2.75, 3.05) is 13.2 Å². The second-order valence-electron chi connectivity index (χ2n) is 7.24. The number of aromatic amines is 1. The Kier molecular flexibility index (Phi) is 6.94. The maximum Gasteiger partial charge on any atom is 0.332 e. The summed E-state index contributed by atoms with van der Waals surface area (Å²) in [4.78, 5) is 34.0. The Morgan fingerprint density at radius 1 is 1.15 bits per heavy atom. The van der Waals surface area contributed by atoms with Crippen LogP contribution in [0.25, 0.3) is 11.2 Å². The van der Waals surface area contributed by atoms with Gasteiger partial charge >= 0.3 is 5.69 Å². The van der Waals surface area contributed by atoms with Crippen molar-refractivity contribution in [3.63, 3.8) is 0 Å². The van der Waals surface area contributed by atoms with Crippen molar-refractivity contribution in [1.82, 2.24) is 39.3 Å². The van der Waals surface area contributed by atoms with Crippen LogP contribution in [-0.2, 0) is 30.8 Å². The van der Waals surface area contributed by atoms with Crippen LogP contribution in [0.2, 0.25) is 5.28 Å². The van der Waals surface area contributed by atoms with Crippen LogP contribution in [0.1, 0.15) is 24.7 Å². The Balaban J connectivity index is 1.48. The molecule has 0 atom stereocenters. The predicted molar refractivity (Wildman–Crippen MR) is 118 cm³/mol. The Morgan fingerprint density at radius 3 is 2.76 bits per heavy atom. The summed E-state index contributed by atoms with van der Waals surface area (Å²) < 4.78 is 21.7. The van der Waals surface area contributed by atoms with E-state index >= 15 is 0 Å². The van der Waals surface area contributed by atoms with Crippen molar-refractivity contribution in [3.8, 4) is 0 Å². The molecule has 11 nitrogen and oxygen atoms in total. The minimum absolute atomic E-state index is 0.0265. The number of benzene rings is 1. The number of halogens is 2. The van der Waals surface area contributed by atoms with Crippen LogP contribution < -0.4 is 11.2 Å². The minimum Gasteiger partial charge on any atom is -0.380 e. The van der Waals surface area contributed by atoms with E-state index in [1.54, 1.807) is 18.2 Å². The van der Waals surface area contributed by atoms with E-state index in [1.165, 1.54) is 15.4 Å². The Hall–Kier alpha value is -3.38. The molecular formula is C20H22ClFN8O3. The van der Waals surface area contributed by atoms with E-state index in [1.807, 2.05) is 6.92 Å². The molecule has 0 amide bonds. The van der Waals surface area contributed by atoms with Gasteiger partial charge in [0.25, 0.3) is 5.56 Å². The number of hydrogen-bond donors (Lipinski definition) is 1. The predicted octanol–water partition coefficient (Wildman–Crippen LogP) is 1.38. The zero-order chi connectivity index (χ0) is 23.4. The van der Waals surface area contributed by atoms with Gasteiger partial charge in [0, 0.05) is 19.6 Å². The second kappa shape index (κ2) is 10.0. The molecule has 1 aromatic carbocycles. The zero-order valence-corrected chi connectivity index (χ0v) is 18.6. The minimum atomic E-state index is -0.506. The molecule has 3 heterocycles. The third kappa shape index (κ3) is 5.01.